The molecule has 0 aliphatic carbocycles. The molecule has 0 unspecified atom stereocenters. The number of allylic oxidation sites excluding steroid dienone is 2. The Balaban J connectivity index is 2.09. The molecule has 0 atom stereocenters. The van der Waals surface area contributed by atoms with Gasteiger partial charge in [0, 0.05) is 5.69 Å². The van der Waals surface area contributed by atoms with E-state index in [1.54, 1.807) is 12.2 Å². The largest absolute Gasteiger partial charge is 0.321 e. The Morgan fingerprint density at radius 1 is 1.22 bits per heavy atom. The summed E-state index contributed by atoms with van der Waals surface area (Å²) in [6.45, 7) is 0. The lowest BCUT2D eigenvalue weighted by Gasteiger charge is -2.04. The van der Waals surface area contributed by atoms with Crippen molar-refractivity contribution in [1.29, 1.82) is 5.26 Å². The predicted molar refractivity (Wildman–Crippen MR) is 89.2 cm³/mol. The predicted octanol–water partition coefficient (Wildman–Crippen LogP) is 4.58. The number of nitriles is 1. The third-order valence-corrected chi connectivity index (χ3v) is 3.18. The fraction of sp³-hybridized carbons (Fsp3) is 0. The molecule has 114 valence electrons. The van der Waals surface area contributed by atoms with Crippen LogP contribution >= 0.6 is 11.6 Å². The lowest BCUT2D eigenvalue weighted by molar-refractivity contribution is -0.112. The summed E-state index contributed by atoms with van der Waals surface area (Å²) in [5.41, 5.74) is 1.19. The van der Waals surface area contributed by atoms with Crippen LogP contribution in [0.3, 0.4) is 0 Å². The number of carbonyl (C=O) groups is 1. The molecule has 0 spiro atoms. The van der Waals surface area contributed by atoms with E-state index in [9.17, 15) is 9.18 Å². The molecule has 1 amide bonds. The maximum Gasteiger partial charge on any atom is 0.266 e. The van der Waals surface area contributed by atoms with Gasteiger partial charge in [-0.2, -0.15) is 5.26 Å². The van der Waals surface area contributed by atoms with Gasteiger partial charge < -0.3 is 5.32 Å². The van der Waals surface area contributed by atoms with Crippen molar-refractivity contribution >= 4 is 29.3 Å². The zero-order valence-electron chi connectivity index (χ0n) is 12.0. The molecular formula is C18H12ClFN2O. The summed E-state index contributed by atoms with van der Waals surface area (Å²) in [5, 5.41) is 11.5. The van der Waals surface area contributed by atoms with Crippen molar-refractivity contribution in [3.8, 4) is 6.07 Å². The molecule has 0 aliphatic rings. The molecule has 0 bridgehead atoms. The number of benzene rings is 2. The number of carbonyl (C=O) groups excluding carboxylic acids is 1. The van der Waals surface area contributed by atoms with Gasteiger partial charge >= 0.3 is 0 Å². The number of hydrogen-bond donors (Lipinski definition) is 1. The Morgan fingerprint density at radius 2 is 1.96 bits per heavy atom. The molecule has 3 nitrogen and oxygen atoms in total. The Labute approximate surface area is 138 Å². The number of nitrogens with zero attached hydrogens (tertiary/aromatic N) is 1. The van der Waals surface area contributed by atoms with Crippen molar-refractivity contribution < 1.29 is 9.18 Å². The summed E-state index contributed by atoms with van der Waals surface area (Å²) in [6.07, 6.45) is 4.80. The molecule has 0 radical (unpaired) electrons. The molecule has 0 saturated heterocycles. The molecule has 0 aromatic heterocycles. The first-order valence-corrected chi connectivity index (χ1v) is 7.08. The van der Waals surface area contributed by atoms with Crippen molar-refractivity contribution in [2.24, 2.45) is 0 Å². The highest BCUT2D eigenvalue weighted by Gasteiger charge is 2.09. The van der Waals surface area contributed by atoms with Crippen molar-refractivity contribution in [3.63, 3.8) is 0 Å². The third-order valence-electron chi connectivity index (χ3n) is 2.89. The van der Waals surface area contributed by atoms with Crippen LogP contribution in [0.2, 0.25) is 5.02 Å². The summed E-state index contributed by atoms with van der Waals surface area (Å²) < 4.78 is 13.1. The van der Waals surface area contributed by atoms with E-state index in [-0.39, 0.29) is 10.6 Å². The van der Waals surface area contributed by atoms with Crippen LogP contribution in [-0.2, 0) is 4.79 Å². The van der Waals surface area contributed by atoms with Crippen LogP contribution in [0.5, 0.6) is 0 Å². The molecule has 5 heteroatoms. The van der Waals surface area contributed by atoms with Gasteiger partial charge in [0.1, 0.15) is 17.5 Å². The second kappa shape index (κ2) is 7.92. The van der Waals surface area contributed by atoms with Crippen LogP contribution in [0.1, 0.15) is 5.56 Å². The lowest BCUT2D eigenvalue weighted by Crippen LogP contribution is -2.13. The number of hydrogen-bond acceptors (Lipinski definition) is 2. The van der Waals surface area contributed by atoms with Gasteiger partial charge in [-0.25, -0.2) is 4.39 Å². The van der Waals surface area contributed by atoms with Gasteiger partial charge in [-0.1, -0.05) is 54.1 Å². The van der Waals surface area contributed by atoms with E-state index in [0.717, 1.165) is 11.6 Å². The Hall–Kier alpha value is -2.90. The van der Waals surface area contributed by atoms with Crippen molar-refractivity contribution in [2.45, 2.75) is 0 Å². The van der Waals surface area contributed by atoms with E-state index in [4.69, 9.17) is 16.9 Å². The number of nitrogens with one attached hydrogen (secondary N) is 1. The molecule has 2 aromatic carbocycles. The molecule has 0 aliphatic heterocycles. The van der Waals surface area contributed by atoms with E-state index in [1.807, 2.05) is 36.4 Å². The van der Waals surface area contributed by atoms with Crippen LogP contribution in [0.4, 0.5) is 10.1 Å². The average Bonchev–Trinajstić information content (AvgIpc) is 2.56. The Bertz CT molecular complexity index is 808. The Morgan fingerprint density at radius 3 is 2.61 bits per heavy atom. The summed E-state index contributed by atoms with van der Waals surface area (Å²) in [5.74, 6) is -1.17. The maximum absolute atomic E-state index is 13.1. The highest BCUT2D eigenvalue weighted by Crippen LogP contribution is 2.19. The second-order valence-electron chi connectivity index (χ2n) is 4.54. The second-order valence-corrected chi connectivity index (χ2v) is 4.95. The molecule has 0 heterocycles. The molecule has 0 fully saturated rings. The Kier molecular flexibility index (Phi) is 5.67. The van der Waals surface area contributed by atoms with Crippen LogP contribution in [0.25, 0.3) is 6.08 Å². The highest BCUT2D eigenvalue weighted by atomic mass is 35.5. The minimum Gasteiger partial charge on any atom is -0.321 e. The molecule has 23 heavy (non-hydrogen) atoms. The van der Waals surface area contributed by atoms with Crippen LogP contribution < -0.4 is 5.32 Å². The summed E-state index contributed by atoms with van der Waals surface area (Å²) in [7, 11) is 0. The molecule has 0 saturated carbocycles. The number of halogens is 2. The van der Waals surface area contributed by atoms with E-state index in [0.29, 0.717) is 5.69 Å². The first-order valence-electron chi connectivity index (χ1n) is 6.70. The van der Waals surface area contributed by atoms with Crippen LogP contribution in [0, 0.1) is 17.1 Å². The topological polar surface area (TPSA) is 52.9 Å². The summed E-state index contributed by atoms with van der Waals surface area (Å²) in [4.78, 5) is 12.0. The minimum atomic E-state index is -0.590. The fourth-order valence-corrected chi connectivity index (χ4v) is 1.94. The number of rotatable bonds is 4. The normalized spacial score (nSPS) is 11.3. The third kappa shape index (κ3) is 4.80. The van der Waals surface area contributed by atoms with Gasteiger partial charge in [-0.05, 0) is 29.8 Å². The average molecular weight is 327 g/mol. The zero-order valence-corrected chi connectivity index (χ0v) is 12.7. The monoisotopic (exact) mass is 326 g/mol. The fourth-order valence-electron chi connectivity index (χ4n) is 1.76. The minimum absolute atomic E-state index is 0.0716. The number of amides is 1. The first-order chi connectivity index (χ1) is 11.1. The van der Waals surface area contributed by atoms with Gasteiger partial charge in [-0.15, -0.1) is 0 Å². The molecule has 1 N–H and O–H groups in total. The van der Waals surface area contributed by atoms with Crippen LogP contribution in [-0.4, -0.2) is 5.91 Å². The maximum atomic E-state index is 13.1. The first kappa shape index (κ1) is 16.5. The van der Waals surface area contributed by atoms with Gasteiger partial charge in [-0.3, -0.25) is 4.79 Å². The highest BCUT2D eigenvalue weighted by molar-refractivity contribution is 6.31. The number of anilines is 1. The van der Waals surface area contributed by atoms with Gasteiger partial charge in [0.2, 0.25) is 0 Å². The zero-order chi connectivity index (χ0) is 16.7. The van der Waals surface area contributed by atoms with Gasteiger partial charge in [0.05, 0.1) is 5.02 Å². The van der Waals surface area contributed by atoms with E-state index in [1.165, 1.54) is 18.2 Å². The van der Waals surface area contributed by atoms with E-state index < -0.39 is 11.7 Å². The van der Waals surface area contributed by atoms with Crippen molar-refractivity contribution in [1.82, 2.24) is 0 Å². The van der Waals surface area contributed by atoms with E-state index in [2.05, 4.69) is 5.32 Å². The van der Waals surface area contributed by atoms with E-state index >= 15 is 0 Å². The molecule has 2 aromatic rings. The lowest BCUT2D eigenvalue weighted by atomic mass is 10.2. The summed E-state index contributed by atoms with van der Waals surface area (Å²) >= 11 is 5.65. The van der Waals surface area contributed by atoms with Crippen LogP contribution in [0.15, 0.2) is 66.3 Å². The van der Waals surface area contributed by atoms with Gasteiger partial charge in [0.25, 0.3) is 5.91 Å². The summed E-state index contributed by atoms with van der Waals surface area (Å²) in [6, 6.07) is 15.1. The van der Waals surface area contributed by atoms with Gasteiger partial charge in [0.15, 0.2) is 0 Å². The van der Waals surface area contributed by atoms with Crippen molar-refractivity contribution in [2.75, 3.05) is 5.32 Å². The standard InChI is InChI=1S/C18H12ClFN2O/c19-16-11-15(9-10-17(16)20)22-18(23)14(12-21)8-4-7-13-5-2-1-3-6-13/h1-11H,(H,22,23)/b7-4+,14-8-. The molecule has 2 rings (SSSR count). The quantitative estimate of drug-likeness (QED) is 0.508. The SMILES string of the molecule is N#C/C(=C/C=C/c1ccccc1)C(=O)Nc1ccc(F)c(Cl)c1. The molecular weight excluding hydrogens is 315 g/mol. The van der Waals surface area contributed by atoms with Crippen molar-refractivity contribution in [3.05, 3.63) is 82.7 Å². The smallest absolute Gasteiger partial charge is 0.266 e.